The highest BCUT2D eigenvalue weighted by molar-refractivity contribution is 5.80. The summed E-state index contributed by atoms with van der Waals surface area (Å²) in [7, 11) is 0. The molecule has 0 unspecified atom stereocenters. The lowest BCUT2D eigenvalue weighted by atomic mass is 10.0. The second-order valence-corrected chi connectivity index (χ2v) is 5.35. The van der Waals surface area contributed by atoms with Crippen molar-refractivity contribution in [2.24, 2.45) is 5.92 Å². The number of hydrogen-bond donors (Lipinski definition) is 1. The third-order valence-corrected chi connectivity index (χ3v) is 1.94. The topological polar surface area (TPSA) is 63.6 Å². The maximum atomic E-state index is 11.6. The van der Waals surface area contributed by atoms with Crippen molar-refractivity contribution in [3.05, 3.63) is 23.8 Å². The Hall–Kier alpha value is -1.58. The Morgan fingerprint density at radius 2 is 1.83 bits per heavy atom. The van der Waals surface area contributed by atoms with E-state index in [-0.39, 0.29) is 18.3 Å². The maximum Gasteiger partial charge on any atom is 0.328 e. The first-order valence-corrected chi connectivity index (χ1v) is 5.91. The molecule has 18 heavy (non-hydrogen) atoms. The van der Waals surface area contributed by atoms with Gasteiger partial charge in [-0.1, -0.05) is 24.6 Å². The molecule has 102 valence electrons. The van der Waals surface area contributed by atoms with Gasteiger partial charge in [-0.15, -0.1) is 0 Å². The van der Waals surface area contributed by atoms with E-state index in [9.17, 15) is 9.59 Å². The predicted octanol–water partition coefficient (Wildman–Crippen LogP) is 2.94. The average molecular weight is 254 g/mol. The average Bonchev–Trinajstić information content (AvgIpc) is 2.10. The van der Waals surface area contributed by atoms with Crippen LogP contribution in [0.25, 0.3) is 0 Å². The largest absolute Gasteiger partial charge is 0.478 e. The zero-order valence-corrected chi connectivity index (χ0v) is 11.7. The van der Waals surface area contributed by atoms with Gasteiger partial charge >= 0.3 is 11.9 Å². The van der Waals surface area contributed by atoms with Crippen LogP contribution < -0.4 is 0 Å². The van der Waals surface area contributed by atoms with E-state index in [1.54, 1.807) is 6.92 Å². The Balaban J connectivity index is 4.33. The number of rotatable bonds is 5. The molecule has 0 saturated heterocycles. The molecule has 0 bridgehead atoms. The lowest BCUT2D eigenvalue weighted by molar-refractivity contribution is -0.155. The number of carbonyl (C=O) groups is 2. The van der Waals surface area contributed by atoms with Gasteiger partial charge < -0.3 is 9.84 Å². The van der Waals surface area contributed by atoms with E-state index >= 15 is 0 Å². The summed E-state index contributed by atoms with van der Waals surface area (Å²) >= 11 is 0. The summed E-state index contributed by atoms with van der Waals surface area (Å²) in [5.74, 6) is -1.22. The standard InChI is InChI=1S/C14H22O4/c1-10(6-7-12(15)16)8-11(2)9-13(17)18-14(3,4)5/h6-8,11H,9H2,1-5H3,(H,15,16)/b7-6+,10-8+/t11-/m0/s1. The number of esters is 1. The zero-order valence-electron chi connectivity index (χ0n) is 11.7. The SMILES string of the molecule is CC(/C=C/C(=O)O)=C\[C@H](C)CC(=O)OC(C)(C)C. The summed E-state index contributed by atoms with van der Waals surface area (Å²) in [6.45, 7) is 9.16. The van der Waals surface area contributed by atoms with E-state index in [2.05, 4.69) is 0 Å². The molecule has 0 aromatic carbocycles. The molecule has 0 aliphatic carbocycles. The minimum Gasteiger partial charge on any atom is -0.478 e. The van der Waals surface area contributed by atoms with Gasteiger partial charge in [0.25, 0.3) is 0 Å². The Morgan fingerprint density at radius 1 is 1.28 bits per heavy atom. The van der Waals surface area contributed by atoms with Crippen LogP contribution in [-0.2, 0) is 14.3 Å². The number of allylic oxidation sites excluding steroid dienone is 3. The highest BCUT2D eigenvalue weighted by atomic mass is 16.6. The van der Waals surface area contributed by atoms with Crippen molar-refractivity contribution in [3.63, 3.8) is 0 Å². The third kappa shape index (κ3) is 9.63. The number of carboxylic acid groups (broad SMARTS) is 1. The molecule has 0 radical (unpaired) electrons. The maximum absolute atomic E-state index is 11.6. The van der Waals surface area contributed by atoms with Gasteiger partial charge in [-0.25, -0.2) is 4.79 Å². The Morgan fingerprint density at radius 3 is 2.28 bits per heavy atom. The van der Waals surface area contributed by atoms with Crippen LogP contribution in [0.15, 0.2) is 23.8 Å². The molecule has 1 N–H and O–H groups in total. The summed E-state index contributed by atoms with van der Waals surface area (Å²) in [6, 6.07) is 0. The minimum absolute atomic E-state index is 0.0123. The van der Waals surface area contributed by atoms with E-state index in [4.69, 9.17) is 9.84 Å². The van der Waals surface area contributed by atoms with E-state index in [0.717, 1.165) is 11.6 Å². The molecule has 0 spiro atoms. The Labute approximate surface area is 108 Å². The van der Waals surface area contributed by atoms with E-state index in [0.29, 0.717) is 0 Å². The number of carboxylic acids is 1. The monoisotopic (exact) mass is 254 g/mol. The normalized spacial score (nSPS) is 14.6. The van der Waals surface area contributed by atoms with Crippen LogP contribution in [0, 0.1) is 5.92 Å². The molecule has 0 fully saturated rings. The zero-order chi connectivity index (χ0) is 14.3. The van der Waals surface area contributed by atoms with Crippen molar-refractivity contribution in [1.82, 2.24) is 0 Å². The van der Waals surface area contributed by atoms with Crippen LogP contribution in [0.1, 0.15) is 41.0 Å². The second kappa shape index (κ2) is 6.99. The molecule has 0 aromatic heterocycles. The lowest BCUT2D eigenvalue weighted by Crippen LogP contribution is -2.24. The first kappa shape index (κ1) is 16.4. The van der Waals surface area contributed by atoms with Crippen LogP contribution in [0.3, 0.4) is 0 Å². The van der Waals surface area contributed by atoms with Crippen molar-refractivity contribution in [2.45, 2.75) is 46.6 Å². The van der Waals surface area contributed by atoms with E-state index < -0.39 is 11.6 Å². The third-order valence-electron chi connectivity index (χ3n) is 1.94. The summed E-state index contributed by atoms with van der Waals surface area (Å²) < 4.78 is 5.21. The van der Waals surface area contributed by atoms with Crippen LogP contribution in [-0.4, -0.2) is 22.6 Å². The molecule has 4 nitrogen and oxygen atoms in total. The summed E-state index contributed by atoms with van der Waals surface area (Å²) in [5.41, 5.74) is 0.340. The number of hydrogen-bond acceptors (Lipinski definition) is 3. The Bertz CT molecular complexity index is 358. The van der Waals surface area contributed by atoms with Gasteiger partial charge in [0.15, 0.2) is 0 Å². The summed E-state index contributed by atoms with van der Waals surface area (Å²) in [5, 5.41) is 8.48. The van der Waals surface area contributed by atoms with Gasteiger partial charge in [-0.3, -0.25) is 4.79 Å². The molecule has 0 saturated carbocycles. The minimum atomic E-state index is -0.984. The molecular weight excluding hydrogens is 232 g/mol. The van der Waals surface area contributed by atoms with Crippen molar-refractivity contribution in [3.8, 4) is 0 Å². The molecule has 0 rings (SSSR count). The number of aliphatic carboxylic acids is 1. The van der Waals surface area contributed by atoms with E-state index in [1.165, 1.54) is 6.08 Å². The fourth-order valence-electron chi connectivity index (χ4n) is 1.41. The molecule has 0 aliphatic heterocycles. The van der Waals surface area contributed by atoms with E-state index in [1.807, 2.05) is 33.8 Å². The quantitative estimate of drug-likeness (QED) is 0.465. The summed E-state index contributed by atoms with van der Waals surface area (Å²) in [4.78, 5) is 21.9. The lowest BCUT2D eigenvalue weighted by Gasteiger charge is -2.20. The van der Waals surface area contributed by atoms with Crippen LogP contribution >= 0.6 is 0 Å². The van der Waals surface area contributed by atoms with Gasteiger partial charge in [0.1, 0.15) is 5.60 Å². The van der Waals surface area contributed by atoms with Crippen LogP contribution in [0.4, 0.5) is 0 Å². The highest BCUT2D eigenvalue weighted by Gasteiger charge is 2.17. The van der Waals surface area contributed by atoms with Crippen molar-refractivity contribution >= 4 is 11.9 Å². The van der Waals surface area contributed by atoms with Gasteiger partial charge in [-0.05, 0) is 33.6 Å². The predicted molar refractivity (Wildman–Crippen MR) is 70.2 cm³/mol. The smallest absolute Gasteiger partial charge is 0.328 e. The number of carbonyl (C=O) groups excluding carboxylic acids is 1. The highest BCUT2D eigenvalue weighted by Crippen LogP contribution is 2.14. The molecule has 4 heteroatoms. The van der Waals surface area contributed by atoms with Gasteiger partial charge in [0.05, 0.1) is 6.42 Å². The molecule has 0 aromatic rings. The summed E-state index contributed by atoms with van der Waals surface area (Å²) in [6.07, 6.45) is 4.72. The fraction of sp³-hybridized carbons (Fsp3) is 0.571. The molecule has 0 aliphatic rings. The molecule has 0 heterocycles. The Kier molecular flexibility index (Phi) is 6.37. The van der Waals surface area contributed by atoms with Crippen molar-refractivity contribution in [1.29, 1.82) is 0 Å². The van der Waals surface area contributed by atoms with Crippen molar-refractivity contribution in [2.75, 3.05) is 0 Å². The first-order chi connectivity index (χ1) is 8.10. The van der Waals surface area contributed by atoms with Crippen molar-refractivity contribution < 1.29 is 19.4 Å². The van der Waals surface area contributed by atoms with Crippen LogP contribution in [0.5, 0.6) is 0 Å². The van der Waals surface area contributed by atoms with Gasteiger partial charge in [-0.2, -0.15) is 0 Å². The van der Waals surface area contributed by atoms with Gasteiger partial charge in [0, 0.05) is 6.08 Å². The van der Waals surface area contributed by atoms with Gasteiger partial charge in [0.2, 0.25) is 0 Å². The fourth-order valence-corrected chi connectivity index (χ4v) is 1.41. The molecule has 0 amide bonds. The molecule has 1 atom stereocenters. The number of ether oxygens (including phenoxy) is 1. The first-order valence-electron chi connectivity index (χ1n) is 5.91. The molecular formula is C14H22O4. The second-order valence-electron chi connectivity index (χ2n) is 5.35. The van der Waals surface area contributed by atoms with Crippen LogP contribution in [0.2, 0.25) is 0 Å².